The van der Waals surface area contributed by atoms with Crippen molar-refractivity contribution in [1.29, 1.82) is 0 Å². The zero-order valence-corrected chi connectivity index (χ0v) is 8.99. The lowest BCUT2D eigenvalue weighted by atomic mass is 9.89. The molecule has 1 nitrogen and oxygen atoms in total. The van der Waals surface area contributed by atoms with Crippen molar-refractivity contribution in [2.24, 2.45) is 17.8 Å². The van der Waals surface area contributed by atoms with Crippen molar-refractivity contribution in [2.45, 2.75) is 32.6 Å². The van der Waals surface area contributed by atoms with Crippen LogP contribution < -0.4 is 0 Å². The molecule has 0 saturated heterocycles. The van der Waals surface area contributed by atoms with Gasteiger partial charge in [-0.1, -0.05) is 12.2 Å². The fourth-order valence-corrected chi connectivity index (χ4v) is 2.77. The van der Waals surface area contributed by atoms with Gasteiger partial charge in [-0.3, -0.25) is 0 Å². The maximum atomic E-state index is 5.17. The Bertz CT molecular complexity index is 229. The molecule has 2 aliphatic rings. The molecule has 78 valence electrons. The van der Waals surface area contributed by atoms with Gasteiger partial charge in [0.25, 0.3) is 0 Å². The van der Waals surface area contributed by atoms with E-state index in [1.807, 2.05) is 13.2 Å². The van der Waals surface area contributed by atoms with Crippen LogP contribution in [0.5, 0.6) is 0 Å². The third-order valence-corrected chi connectivity index (χ3v) is 3.48. The smallest absolute Gasteiger partial charge is 0.0845 e. The molecule has 0 aromatic rings. The average molecular weight is 192 g/mol. The first kappa shape index (κ1) is 9.82. The lowest BCUT2D eigenvalue weighted by molar-refractivity contribution is 0.267. The van der Waals surface area contributed by atoms with E-state index in [-0.39, 0.29) is 0 Å². The molecule has 3 atom stereocenters. The van der Waals surface area contributed by atoms with Gasteiger partial charge in [-0.15, -0.1) is 0 Å². The first-order valence-electron chi connectivity index (χ1n) is 5.85. The molecule has 0 aliphatic heterocycles. The van der Waals surface area contributed by atoms with Gasteiger partial charge in [-0.2, -0.15) is 0 Å². The van der Waals surface area contributed by atoms with Crippen molar-refractivity contribution in [3.05, 3.63) is 24.5 Å². The van der Waals surface area contributed by atoms with Gasteiger partial charge in [0.05, 0.1) is 12.9 Å². The second kappa shape index (κ2) is 4.68. The van der Waals surface area contributed by atoms with E-state index in [4.69, 9.17) is 4.74 Å². The van der Waals surface area contributed by atoms with E-state index in [1.165, 1.54) is 25.7 Å². The number of hydrogen-bond acceptors (Lipinski definition) is 1. The number of ether oxygens (including phenoxy) is 1. The van der Waals surface area contributed by atoms with Gasteiger partial charge < -0.3 is 4.74 Å². The molecular formula is C13H20O. The van der Waals surface area contributed by atoms with Crippen LogP contribution >= 0.6 is 0 Å². The molecule has 14 heavy (non-hydrogen) atoms. The Labute approximate surface area is 86.8 Å². The third kappa shape index (κ3) is 2.20. The Morgan fingerprint density at radius 2 is 2.29 bits per heavy atom. The maximum absolute atomic E-state index is 5.17. The summed E-state index contributed by atoms with van der Waals surface area (Å²) in [6.45, 7) is 2.80. The van der Waals surface area contributed by atoms with Gasteiger partial charge in [-0.25, -0.2) is 0 Å². The van der Waals surface area contributed by atoms with Crippen LogP contribution in [-0.4, -0.2) is 6.61 Å². The standard InChI is InChI=1S/C13H20O/c1-2-14-8-4-3-5-12-9-11-6-7-13(12)10-11/h4,6-8,11-13H,2-3,5,9-10H2,1H3. The summed E-state index contributed by atoms with van der Waals surface area (Å²) >= 11 is 0. The van der Waals surface area contributed by atoms with Crippen molar-refractivity contribution < 1.29 is 4.74 Å². The van der Waals surface area contributed by atoms with Crippen molar-refractivity contribution in [3.8, 4) is 0 Å². The zero-order chi connectivity index (χ0) is 9.80. The first-order chi connectivity index (χ1) is 6.90. The van der Waals surface area contributed by atoms with E-state index in [0.29, 0.717) is 0 Å². The Kier molecular flexibility index (Phi) is 3.28. The molecule has 3 unspecified atom stereocenters. The van der Waals surface area contributed by atoms with E-state index in [2.05, 4.69) is 18.2 Å². The van der Waals surface area contributed by atoms with Gasteiger partial charge in [0.15, 0.2) is 0 Å². The molecule has 2 aliphatic carbocycles. The normalized spacial score (nSPS) is 34.5. The summed E-state index contributed by atoms with van der Waals surface area (Å²) < 4.78 is 5.17. The monoisotopic (exact) mass is 192 g/mol. The Morgan fingerprint density at radius 3 is 2.93 bits per heavy atom. The second-order valence-corrected chi connectivity index (χ2v) is 4.44. The summed E-state index contributed by atoms with van der Waals surface area (Å²) in [6, 6.07) is 0. The highest BCUT2D eigenvalue weighted by molar-refractivity contribution is 5.10. The zero-order valence-electron chi connectivity index (χ0n) is 8.99. The van der Waals surface area contributed by atoms with E-state index in [0.717, 1.165) is 24.4 Å². The molecule has 0 amide bonds. The Balaban J connectivity index is 1.65. The number of allylic oxidation sites excluding steroid dienone is 3. The number of rotatable bonds is 5. The molecule has 1 saturated carbocycles. The van der Waals surface area contributed by atoms with Crippen molar-refractivity contribution in [1.82, 2.24) is 0 Å². The summed E-state index contributed by atoms with van der Waals surface area (Å²) in [4.78, 5) is 0. The lowest BCUT2D eigenvalue weighted by Crippen LogP contribution is -2.05. The molecule has 0 aromatic carbocycles. The minimum atomic E-state index is 0.785. The van der Waals surface area contributed by atoms with Gasteiger partial charge in [0, 0.05) is 0 Å². The van der Waals surface area contributed by atoms with Gasteiger partial charge in [0.2, 0.25) is 0 Å². The second-order valence-electron chi connectivity index (χ2n) is 4.44. The van der Waals surface area contributed by atoms with Crippen LogP contribution in [0.1, 0.15) is 32.6 Å². The van der Waals surface area contributed by atoms with Crippen LogP contribution in [-0.2, 0) is 4.74 Å². The predicted octanol–water partition coefficient (Wildman–Crippen LogP) is 3.53. The van der Waals surface area contributed by atoms with Crippen molar-refractivity contribution >= 4 is 0 Å². The number of hydrogen-bond donors (Lipinski definition) is 0. The minimum Gasteiger partial charge on any atom is -0.502 e. The van der Waals surface area contributed by atoms with Crippen LogP contribution in [0.2, 0.25) is 0 Å². The third-order valence-electron chi connectivity index (χ3n) is 3.48. The molecule has 0 N–H and O–H groups in total. The maximum Gasteiger partial charge on any atom is 0.0845 e. The molecular weight excluding hydrogens is 172 g/mol. The first-order valence-corrected chi connectivity index (χ1v) is 5.85. The Morgan fingerprint density at radius 1 is 1.36 bits per heavy atom. The summed E-state index contributed by atoms with van der Waals surface area (Å²) in [5, 5.41) is 0. The highest BCUT2D eigenvalue weighted by Crippen LogP contribution is 2.45. The minimum absolute atomic E-state index is 0.785. The van der Waals surface area contributed by atoms with Gasteiger partial charge >= 0.3 is 0 Å². The van der Waals surface area contributed by atoms with E-state index in [1.54, 1.807) is 0 Å². The predicted molar refractivity (Wildman–Crippen MR) is 58.8 cm³/mol. The molecule has 1 fully saturated rings. The Hall–Kier alpha value is -0.720. The molecule has 0 radical (unpaired) electrons. The molecule has 1 heteroatoms. The van der Waals surface area contributed by atoms with Crippen LogP contribution in [0.25, 0.3) is 0 Å². The van der Waals surface area contributed by atoms with Crippen molar-refractivity contribution in [2.75, 3.05) is 6.61 Å². The van der Waals surface area contributed by atoms with Gasteiger partial charge in [0.1, 0.15) is 0 Å². The summed E-state index contributed by atoms with van der Waals surface area (Å²) in [5.41, 5.74) is 0. The van der Waals surface area contributed by atoms with Crippen LogP contribution in [0.15, 0.2) is 24.5 Å². The van der Waals surface area contributed by atoms with E-state index in [9.17, 15) is 0 Å². The number of fused-ring (bicyclic) bond motifs is 2. The lowest BCUT2D eigenvalue weighted by Gasteiger charge is -2.16. The largest absolute Gasteiger partial charge is 0.502 e. The van der Waals surface area contributed by atoms with Gasteiger partial charge in [-0.05, 0) is 56.4 Å². The van der Waals surface area contributed by atoms with Crippen LogP contribution in [0.4, 0.5) is 0 Å². The van der Waals surface area contributed by atoms with Crippen LogP contribution in [0, 0.1) is 17.8 Å². The fraction of sp³-hybridized carbons (Fsp3) is 0.692. The fourth-order valence-electron chi connectivity index (χ4n) is 2.77. The van der Waals surface area contributed by atoms with Crippen LogP contribution in [0.3, 0.4) is 0 Å². The van der Waals surface area contributed by atoms with E-state index >= 15 is 0 Å². The summed E-state index contributed by atoms with van der Waals surface area (Å²) in [5.74, 6) is 2.78. The highest BCUT2D eigenvalue weighted by Gasteiger charge is 2.34. The quantitative estimate of drug-likeness (QED) is 0.478. The molecule has 2 rings (SSSR count). The average Bonchev–Trinajstić information content (AvgIpc) is 2.79. The molecule has 2 bridgehead atoms. The van der Waals surface area contributed by atoms with Crippen molar-refractivity contribution in [3.63, 3.8) is 0 Å². The molecule has 0 heterocycles. The molecule has 0 aromatic heterocycles. The summed E-state index contributed by atoms with van der Waals surface area (Å²) in [6.07, 6.45) is 14.3. The van der Waals surface area contributed by atoms with E-state index < -0.39 is 0 Å². The summed E-state index contributed by atoms with van der Waals surface area (Å²) in [7, 11) is 0. The molecule has 0 spiro atoms. The topological polar surface area (TPSA) is 9.23 Å². The highest BCUT2D eigenvalue weighted by atomic mass is 16.5. The SMILES string of the molecule is CCOC=CCCC1CC2C=CC1C2.